The van der Waals surface area contributed by atoms with Crippen LogP contribution < -0.4 is 5.32 Å². The fraction of sp³-hybridized carbons (Fsp3) is 0.480. The number of benzene rings is 2. The summed E-state index contributed by atoms with van der Waals surface area (Å²) in [7, 11) is 0. The summed E-state index contributed by atoms with van der Waals surface area (Å²) in [4.78, 5) is 14.8. The number of piperidine rings is 1. The lowest BCUT2D eigenvalue weighted by atomic mass is 9.93. The Hall–Kier alpha value is -2.40. The number of phenols is 1. The Labute approximate surface area is 179 Å². The molecule has 2 aromatic carbocycles. The maximum atomic E-state index is 13.7. The van der Waals surface area contributed by atoms with E-state index in [1.165, 1.54) is 11.6 Å². The van der Waals surface area contributed by atoms with Gasteiger partial charge in [0.2, 0.25) is 5.91 Å². The Morgan fingerprint density at radius 1 is 1.20 bits per heavy atom. The third-order valence-corrected chi connectivity index (χ3v) is 6.09. The van der Waals surface area contributed by atoms with Gasteiger partial charge in [-0.25, -0.2) is 4.39 Å². The summed E-state index contributed by atoms with van der Waals surface area (Å²) in [6, 6.07) is 10.7. The smallest absolute Gasteiger partial charge is 0.223 e. The monoisotopic (exact) mass is 412 g/mol. The van der Waals surface area contributed by atoms with Gasteiger partial charge in [-0.2, -0.15) is 0 Å². The van der Waals surface area contributed by atoms with Crippen LogP contribution in [0.15, 0.2) is 36.4 Å². The number of amides is 1. The highest BCUT2D eigenvalue weighted by Gasteiger charge is 2.25. The topological polar surface area (TPSA) is 52.6 Å². The molecule has 1 saturated heterocycles. The summed E-state index contributed by atoms with van der Waals surface area (Å²) < 4.78 is 13.7. The Morgan fingerprint density at radius 3 is 2.57 bits per heavy atom. The Balaban J connectivity index is 1.47. The van der Waals surface area contributed by atoms with E-state index in [0.717, 1.165) is 37.1 Å². The minimum Gasteiger partial charge on any atom is -0.508 e. The molecule has 1 amide bonds. The number of hydrogen-bond acceptors (Lipinski definition) is 3. The second-order valence-electron chi connectivity index (χ2n) is 8.68. The van der Waals surface area contributed by atoms with Gasteiger partial charge in [0.1, 0.15) is 11.6 Å². The largest absolute Gasteiger partial charge is 0.508 e. The zero-order chi connectivity index (χ0) is 21.7. The van der Waals surface area contributed by atoms with Gasteiger partial charge in [-0.15, -0.1) is 0 Å². The van der Waals surface area contributed by atoms with Gasteiger partial charge in [-0.1, -0.05) is 38.1 Å². The number of carbonyl (C=O) groups is 1. The molecule has 3 rings (SSSR count). The molecule has 0 unspecified atom stereocenters. The highest BCUT2D eigenvalue weighted by Crippen LogP contribution is 2.29. The summed E-state index contributed by atoms with van der Waals surface area (Å²) in [6.45, 7) is 9.18. The van der Waals surface area contributed by atoms with Crippen LogP contribution in [-0.4, -0.2) is 35.5 Å². The van der Waals surface area contributed by atoms with E-state index in [4.69, 9.17) is 0 Å². The van der Waals surface area contributed by atoms with Crippen LogP contribution in [0.4, 0.5) is 4.39 Å². The molecule has 0 atom stereocenters. The predicted octanol–water partition coefficient (Wildman–Crippen LogP) is 4.53. The first-order valence-electron chi connectivity index (χ1n) is 10.9. The van der Waals surface area contributed by atoms with E-state index < -0.39 is 0 Å². The Bertz CT molecular complexity index is 873. The number of nitrogens with zero attached hydrogens (tertiary/aromatic N) is 1. The van der Waals surface area contributed by atoms with Gasteiger partial charge in [0, 0.05) is 24.6 Å². The predicted molar refractivity (Wildman–Crippen MR) is 118 cm³/mol. The van der Waals surface area contributed by atoms with Crippen molar-refractivity contribution in [1.29, 1.82) is 0 Å². The number of carbonyl (C=O) groups excluding carboxylic acids is 1. The maximum absolute atomic E-state index is 13.7. The zero-order valence-corrected chi connectivity index (χ0v) is 18.2. The van der Waals surface area contributed by atoms with Gasteiger partial charge < -0.3 is 10.4 Å². The molecule has 30 heavy (non-hydrogen) atoms. The van der Waals surface area contributed by atoms with E-state index in [1.54, 1.807) is 12.1 Å². The molecule has 0 bridgehead atoms. The minimum atomic E-state index is -0.222. The van der Waals surface area contributed by atoms with Crippen LogP contribution in [-0.2, 0) is 17.8 Å². The summed E-state index contributed by atoms with van der Waals surface area (Å²) in [6.07, 6.45) is 2.10. The molecule has 2 N–H and O–H groups in total. The number of halogens is 1. The lowest BCUT2D eigenvalue weighted by Gasteiger charge is -2.31. The number of hydrogen-bond donors (Lipinski definition) is 2. The number of rotatable bonds is 7. The molecule has 0 aromatic heterocycles. The van der Waals surface area contributed by atoms with Crippen LogP contribution >= 0.6 is 0 Å². The molecule has 1 aliphatic heterocycles. The van der Waals surface area contributed by atoms with E-state index in [-0.39, 0.29) is 17.6 Å². The van der Waals surface area contributed by atoms with Crippen molar-refractivity contribution < 1.29 is 14.3 Å². The highest BCUT2D eigenvalue weighted by molar-refractivity contribution is 5.78. The van der Waals surface area contributed by atoms with Gasteiger partial charge >= 0.3 is 0 Å². The van der Waals surface area contributed by atoms with Crippen LogP contribution in [0, 0.1) is 18.7 Å². The quantitative estimate of drug-likeness (QED) is 0.702. The Kier molecular flexibility index (Phi) is 7.48. The summed E-state index contributed by atoms with van der Waals surface area (Å²) >= 11 is 0. The first-order valence-corrected chi connectivity index (χ1v) is 10.9. The number of aryl methyl sites for hydroxylation is 1. The first-order chi connectivity index (χ1) is 14.3. The third-order valence-electron chi connectivity index (χ3n) is 6.09. The fourth-order valence-corrected chi connectivity index (χ4v) is 4.27. The molecule has 162 valence electrons. The second kappa shape index (κ2) is 10.1. The van der Waals surface area contributed by atoms with Crippen LogP contribution in [0.25, 0.3) is 0 Å². The van der Waals surface area contributed by atoms with Gasteiger partial charge in [0.05, 0.1) is 0 Å². The molecule has 1 heterocycles. The summed E-state index contributed by atoms with van der Waals surface area (Å²) in [5, 5.41) is 13.3. The molecule has 0 spiro atoms. The molecular formula is C25H33FN2O2. The molecule has 5 heteroatoms. The van der Waals surface area contributed by atoms with Crippen LogP contribution in [0.5, 0.6) is 5.75 Å². The average molecular weight is 413 g/mol. The summed E-state index contributed by atoms with van der Waals surface area (Å²) in [5.41, 5.74) is 3.98. The average Bonchev–Trinajstić information content (AvgIpc) is 2.71. The van der Waals surface area contributed by atoms with Gasteiger partial charge in [-0.3, -0.25) is 9.69 Å². The van der Waals surface area contributed by atoms with Crippen molar-refractivity contribution in [2.45, 2.75) is 52.5 Å². The van der Waals surface area contributed by atoms with Crippen molar-refractivity contribution in [1.82, 2.24) is 10.2 Å². The van der Waals surface area contributed by atoms with Crippen molar-refractivity contribution >= 4 is 5.91 Å². The third kappa shape index (κ3) is 5.60. The number of nitrogens with one attached hydrogen (secondary N) is 1. The zero-order valence-electron chi connectivity index (χ0n) is 18.2. The molecule has 4 nitrogen and oxygen atoms in total. The standard InChI is InChI=1S/C25H33FN2O2/c1-17(2)22-15-21(24(29)14-18(22)3)16-28-12-9-20(10-13-28)25(30)27-11-8-19-6-4-5-7-23(19)26/h4-7,14-15,17,20,29H,8-13,16H2,1-3H3,(H,27,30). The molecule has 0 saturated carbocycles. The van der Waals surface area contributed by atoms with Crippen molar-refractivity contribution in [2.24, 2.45) is 5.92 Å². The van der Waals surface area contributed by atoms with E-state index in [9.17, 15) is 14.3 Å². The van der Waals surface area contributed by atoms with Crippen molar-refractivity contribution in [3.8, 4) is 5.75 Å². The van der Waals surface area contributed by atoms with Crippen LogP contribution in [0.1, 0.15) is 54.9 Å². The second-order valence-corrected chi connectivity index (χ2v) is 8.68. The first kappa shape index (κ1) is 22.3. The van der Waals surface area contributed by atoms with Gasteiger partial charge in [-0.05, 0) is 74.0 Å². The van der Waals surface area contributed by atoms with Crippen molar-refractivity contribution in [3.05, 3.63) is 64.5 Å². The lowest BCUT2D eigenvalue weighted by Crippen LogP contribution is -2.40. The molecule has 1 fully saturated rings. The van der Waals surface area contributed by atoms with E-state index in [0.29, 0.717) is 36.7 Å². The molecule has 0 radical (unpaired) electrons. The van der Waals surface area contributed by atoms with E-state index >= 15 is 0 Å². The number of likely N-dealkylation sites (tertiary alicyclic amines) is 1. The van der Waals surface area contributed by atoms with E-state index in [2.05, 4.69) is 30.1 Å². The summed E-state index contributed by atoms with van der Waals surface area (Å²) in [5.74, 6) is 0.610. The minimum absolute atomic E-state index is 0.000268. The van der Waals surface area contributed by atoms with Crippen molar-refractivity contribution in [2.75, 3.05) is 19.6 Å². The van der Waals surface area contributed by atoms with E-state index in [1.807, 2.05) is 19.1 Å². The fourth-order valence-electron chi connectivity index (χ4n) is 4.27. The molecule has 1 aliphatic rings. The van der Waals surface area contributed by atoms with Gasteiger partial charge in [0.15, 0.2) is 0 Å². The normalized spacial score (nSPS) is 15.5. The number of phenolic OH excluding ortho intramolecular Hbond substituents is 1. The molecule has 0 aliphatic carbocycles. The Morgan fingerprint density at radius 2 is 1.90 bits per heavy atom. The molecular weight excluding hydrogens is 379 g/mol. The maximum Gasteiger partial charge on any atom is 0.223 e. The van der Waals surface area contributed by atoms with Crippen LogP contribution in [0.2, 0.25) is 0 Å². The number of aromatic hydroxyl groups is 1. The van der Waals surface area contributed by atoms with Gasteiger partial charge in [0.25, 0.3) is 0 Å². The lowest BCUT2D eigenvalue weighted by molar-refractivity contribution is -0.126. The van der Waals surface area contributed by atoms with Crippen molar-refractivity contribution in [3.63, 3.8) is 0 Å². The SMILES string of the molecule is Cc1cc(O)c(CN2CCC(C(=O)NCCc3ccccc3F)CC2)cc1C(C)C. The van der Waals surface area contributed by atoms with Crippen LogP contribution in [0.3, 0.4) is 0 Å². The molecule has 2 aromatic rings. The highest BCUT2D eigenvalue weighted by atomic mass is 19.1.